The van der Waals surface area contributed by atoms with Crippen molar-refractivity contribution < 1.29 is 4.74 Å². The quantitative estimate of drug-likeness (QED) is 0.175. The third-order valence-corrected chi connectivity index (χ3v) is 13.3. The second kappa shape index (κ2) is 12.8. The minimum Gasteiger partial charge on any atom is -0.457 e. The fraction of sp³-hybridized carbons (Fsp3) is 0.0566. The molecule has 1 atom stereocenters. The van der Waals surface area contributed by atoms with Crippen molar-refractivity contribution in [3.8, 4) is 62.1 Å². The third kappa shape index (κ3) is 4.96. The molecule has 12 rings (SSSR count). The van der Waals surface area contributed by atoms with Crippen molar-refractivity contribution >= 4 is 44.5 Å². The average molecular weight is 762 g/mol. The molecule has 1 aliphatic heterocycles. The van der Waals surface area contributed by atoms with E-state index in [0.717, 1.165) is 50.3 Å². The van der Waals surface area contributed by atoms with Crippen LogP contribution in [-0.4, -0.2) is 14.5 Å². The molecule has 0 spiro atoms. The number of nitrogens with zero attached hydrogens (tertiary/aromatic N) is 3. The van der Waals surface area contributed by atoms with Gasteiger partial charge in [0.25, 0.3) is 0 Å². The maximum atomic E-state index is 6.57. The summed E-state index contributed by atoms with van der Waals surface area (Å²) in [6, 6.07) is 60.8. The Morgan fingerprint density at radius 1 is 0.552 bits per heavy atom. The molecule has 0 saturated heterocycles. The summed E-state index contributed by atoms with van der Waals surface area (Å²) < 4.78 is 8.82. The molecule has 1 unspecified atom stereocenters. The lowest BCUT2D eigenvalue weighted by molar-refractivity contribution is 0.472. The van der Waals surface area contributed by atoms with E-state index in [9.17, 15) is 0 Å². The predicted octanol–water partition coefficient (Wildman–Crippen LogP) is 14.4. The van der Waals surface area contributed by atoms with Crippen molar-refractivity contribution in [3.05, 3.63) is 187 Å². The van der Waals surface area contributed by atoms with Gasteiger partial charge < -0.3 is 4.74 Å². The Morgan fingerprint density at radius 2 is 1.28 bits per heavy atom. The average Bonchev–Trinajstić information content (AvgIpc) is 3.76. The first-order chi connectivity index (χ1) is 28.6. The highest BCUT2D eigenvalue weighted by molar-refractivity contribution is 8.00. The summed E-state index contributed by atoms with van der Waals surface area (Å²) in [6.07, 6.45) is 0. The monoisotopic (exact) mass is 761 g/mol. The lowest BCUT2D eigenvalue weighted by Gasteiger charge is -2.22. The molecule has 2 aliphatic rings. The Hall–Kier alpha value is -6.95. The van der Waals surface area contributed by atoms with E-state index in [1.54, 1.807) is 0 Å². The summed E-state index contributed by atoms with van der Waals surface area (Å²) in [7, 11) is 0. The van der Waals surface area contributed by atoms with Crippen molar-refractivity contribution in [3.63, 3.8) is 0 Å². The van der Waals surface area contributed by atoms with Crippen molar-refractivity contribution in [2.24, 2.45) is 0 Å². The Balaban J connectivity index is 0.992. The highest BCUT2D eigenvalue weighted by atomic mass is 32.2. The van der Waals surface area contributed by atoms with E-state index < -0.39 is 0 Å². The normalized spacial score (nSPS) is 13.8. The molecule has 2 aromatic heterocycles. The van der Waals surface area contributed by atoms with Crippen LogP contribution in [0.1, 0.15) is 29.5 Å². The number of rotatable bonds is 5. The third-order valence-electron chi connectivity index (χ3n) is 12.1. The van der Waals surface area contributed by atoms with Gasteiger partial charge in [-0.15, -0.1) is 0 Å². The molecule has 58 heavy (non-hydrogen) atoms. The van der Waals surface area contributed by atoms with Gasteiger partial charge in [0.2, 0.25) is 5.95 Å². The molecule has 0 saturated carbocycles. The van der Waals surface area contributed by atoms with Gasteiger partial charge in [0, 0.05) is 43.0 Å². The van der Waals surface area contributed by atoms with Crippen molar-refractivity contribution in [2.75, 3.05) is 0 Å². The van der Waals surface area contributed by atoms with Gasteiger partial charge in [-0.2, -0.15) is 0 Å². The second-order valence-corrected chi connectivity index (χ2v) is 16.4. The molecule has 3 heterocycles. The number of benzene rings is 8. The fourth-order valence-corrected chi connectivity index (χ4v) is 10.5. The standard InChI is InChI=1S/C53H35N3OS/c1-31-13-6-9-22-46(31)57-47-23-11-18-39-41-29-34(25-27-36(41)32(2)49(39)47)35-26-28-45-42(30-35)38-16-7-8-21-44(38)56(45)53-54-43-20-12-24-48-50(43)51(55-53)40-19-10-17-37(52(40)58-48)33-14-4-3-5-15-33/h3-30,32H,1-2H3. The smallest absolute Gasteiger partial charge is 0.235 e. The van der Waals surface area contributed by atoms with Crippen molar-refractivity contribution in [2.45, 2.75) is 29.6 Å². The first-order valence-corrected chi connectivity index (χ1v) is 20.6. The maximum absolute atomic E-state index is 6.57. The summed E-state index contributed by atoms with van der Waals surface area (Å²) in [5, 5.41) is 3.45. The fourth-order valence-electron chi connectivity index (χ4n) is 9.28. The van der Waals surface area contributed by atoms with Crippen LogP contribution in [0.3, 0.4) is 0 Å². The summed E-state index contributed by atoms with van der Waals surface area (Å²) in [5.41, 5.74) is 16.2. The zero-order chi connectivity index (χ0) is 38.5. The van der Waals surface area contributed by atoms with E-state index in [0.29, 0.717) is 5.95 Å². The number of hydrogen-bond acceptors (Lipinski definition) is 4. The lowest BCUT2D eigenvalue weighted by Crippen LogP contribution is -2.06. The molecule has 10 aromatic rings. The lowest BCUT2D eigenvalue weighted by atomic mass is 9.95. The minimum atomic E-state index is 0.221. The van der Waals surface area contributed by atoms with Crippen LogP contribution in [0.25, 0.3) is 83.3 Å². The zero-order valence-electron chi connectivity index (χ0n) is 31.9. The van der Waals surface area contributed by atoms with Gasteiger partial charge in [-0.1, -0.05) is 140 Å². The molecule has 0 N–H and O–H groups in total. The van der Waals surface area contributed by atoms with Crippen LogP contribution in [0.2, 0.25) is 0 Å². The molecule has 274 valence electrons. The Bertz CT molecular complexity index is 3330. The molecule has 0 amide bonds. The molecular weight excluding hydrogens is 727 g/mol. The number of para-hydroxylation sites is 2. The summed E-state index contributed by atoms with van der Waals surface area (Å²) in [5.74, 6) is 2.71. The molecular formula is C53H35N3OS. The van der Waals surface area contributed by atoms with Crippen LogP contribution in [0.4, 0.5) is 0 Å². The van der Waals surface area contributed by atoms with Crippen molar-refractivity contribution in [1.29, 1.82) is 0 Å². The minimum absolute atomic E-state index is 0.221. The summed E-state index contributed by atoms with van der Waals surface area (Å²) >= 11 is 1.82. The van der Waals surface area contributed by atoms with Crippen LogP contribution in [0.5, 0.6) is 11.5 Å². The van der Waals surface area contributed by atoms with Crippen LogP contribution in [0.15, 0.2) is 180 Å². The van der Waals surface area contributed by atoms with Crippen LogP contribution in [0, 0.1) is 6.92 Å². The number of aromatic nitrogens is 3. The first kappa shape index (κ1) is 33.2. The Labute approximate surface area is 340 Å². The van der Waals surface area contributed by atoms with Crippen LogP contribution in [-0.2, 0) is 0 Å². The zero-order valence-corrected chi connectivity index (χ0v) is 32.7. The van der Waals surface area contributed by atoms with Gasteiger partial charge in [0.1, 0.15) is 11.5 Å². The van der Waals surface area contributed by atoms with E-state index in [1.165, 1.54) is 65.1 Å². The highest BCUT2D eigenvalue weighted by Crippen LogP contribution is 2.52. The summed E-state index contributed by atoms with van der Waals surface area (Å²) in [6.45, 7) is 4.39. The molecule has 0 fully saturated rings. The van der Waals surface area contributed by atoms with E-state index in [1.807, 2.05) is 23.9 Å². The van der Waals surface area contributed by atoms with E-state index >= 15 is 0 Å². The van der Waals surface area contributed by atoms with Gasteiger partial charge >= 0.3 is 0 Å². The van der Waals surface area contributed by atoms with E-state index in [4.69, 9.17) is 14.7 Å². The van der Waals surface area contributed by atoms with Crippen molar-refractivity contribution in [1.82, 2.24) is 14.5 Å². The molecule has 8 aromatic carbocycles. The van der Waals surface area contributed by atoms with Gasteiger partial charge in [0.05, 0.1) is 22.2 Å². The van der Waals surface area contributed by atoms with Crippen LogP contribution < -0.4 is 4.74 Å². The summed E-state index contributed by atoms with van der Waals surface area (Å²) in [4.78, 5) is 13.2. The number of ether oxygens (including phenoxy) is 1. The largest absolute Gasteiger partial charge is 0.457 e. The second-order valence-electron chi connectivity index (χ2n) is 15.4. The molecule has 0 bridgehead atoms. The van der Waals surface area contributed by atoms with Gasteiger partial charge in [-0.25, -0.2) is 9.97 Å². The Kier molecular flexibility index (Phi) is 7.32. The maximum Gasteiger partial charge on any atom is 0.235 e. The highest BCUT2D eigenvalue weighted by Gasteiger charge is 2.30. The van der Waals surface area contributed by atoms with Gasteiger partial charge in [0.15, 0.2) is 0 Å². The van der Waals surface area contributed by atoms with E-state index in [-0.39, 0.29) is 5.92 Å². The first-order valence-electron chi connectivity index (χ1n) is 19.8. The van der Waals surface area contributed by atoms with E-state index in [2.05, 4.69) is 176 Å². The Morgan fingerprint density at radius 3 is 2.19 bits per heavy atom. The number of hydrogen-bond donors (Lipinski definition) is 0. The number of aryl methyl sites for hydroxylation is 1. The molecule has 0 radical (unpaired) electrons. The predicted molar refractivity (Wildman–Crippen MR) is 239 cm³/mol. The SMILES string of the molecule is Cc1ccccc1Oc1cccc2c1C(C)c1ccc(-c3ccc4c(c3)c3ccccc3n4-c3nc4c5c(cccc5n3)Sc3c(-c5ccccc5)cccc3-4)cc1-2. The molecule has 1 aliphatic carbocycles. The van der Waals surface area contributed by atoms with Gasteiger partial charge in [-0.05, 0) is 100.0 Å². The topological polar surface area (TPSA) is 39.9 Å². The number of fused-ring (bicyclic) bond motifs is 8. The van der Waals surface area contributed by atoms with Gasteiger partial charge in [-0.3, -0.25) is 4.57 Å². The van der Waals surface area contributed by atoms with Crippen LogP contribution >= 0.6 is 11.8 Å². The molecule has 5 heteroatoms. The molecule has 4 nitrogen and oxygen atoms in total.